The summed E-state index contributed by atoms with van der Waals surface area (Å²) in [7, 11) is 0. The zero-order valence-electron chi connectivity index (χ0n) is 8.56. The lowest BCUT2D eigenvalue weighted by atomic mass is 10.0. The van der Waals surface area contributed by atoms with E-state index in [2.05, 4.69) is 0 Å². The van der Waals surface area contributed by atoms with Gasteiger partial charge in [0.25, 0.3) is 0 Å². The standard InChI is InChI=1S/C12H16O3/c13-8-11(14)10-3-1-9(2-4-10)7-12(15)5-6-12/h1-4,11,13-15H,5-8H2. The average molecular weight is 208 g/mol. The molecule has 3 heteroatoms. The summed E-state index contributed by atoms with van der Waals surface area (Å²) >= 11 is 0. The van der Waals surface area contributed by atoms with Gasteiger partial charge < -0.3 is 15.3 Å². The molecule has 0 bridgehead atoms. The maximum Gasteiger partial charge on any atom is 0.102 e. The smallest absolute Gasteiger partial charge is 0.102 e. The van der Waals surface area contributed by atoms with Crippen LogP contribution in [0.2, 0.25) is 0 Å². The molecule has 1 aliphatic rings. The minimum atomic E-state index is -0.803. The van der Waals surface area contributed by atoms with Gasteiger partial charge in [-0.05, 0) is 24.0 Å². The Morgan fingerprint density at radius 3 is 2.27 bits per heavy atom. The van der Waals surface area contributed by atoms with Gasteiger partial charge in [-0.1, -0.05) is 24.3 Å². The van der Waals surface area contributed by atoms with E-state index in [0.29, 0.717) is 12.0 Å². The molecule has 0 aliphatic heterocycles. The average Bonchev–Trinajstić information content (AvgIpc) is 2.96. The van der Waals surface area contributed by atoms with Gasteiger partial charge in [-0.3, -0.25) is 0 Å². The molecule has 15 heavy (non-hydrogen) atoms. The Morgan fingerprint density at radius 2 is 1.80 bits per heavy atom. The highest BCUT2D eigenvalue weighted by molar-refractivity contribution is 5.26. The highest BCUT2D eigenvalue weighted by Crippen LogP contribution is 2.38. The number of hydrogen-bond donors (Lipinski definition) is 3. The molecule has 1 saturated carbocycles. The van der Waals surface area contributed by atoms with Crippen LogP contribution in [0.5, 0.6) is 0 Å². The summed E-state index contributed by atoms with van der Waals surface area (Å²) < 4.78 is 0. The van der Waals surface area contributed by atoms with E-state index in [4.69, 9.17) is 5.11 Å². The minimum absolute atomic E-state index is 0.261. The SMILES string of the molecule is OCC(O)c1ccc(CC2(O)CC2)cc1. The molecule has 82 valence electrons. The second-order valence-corrected chi connectivity index (χ2v) is 4.34. The molecule has 0 amide bonds. The largest absolute Gasteiger partial charge is 0.393 e. The van der Waals surface area contributed by atoms with E-state index in [0.717, 1.165) is 18.4 Å². The Bertz CT molecular complexity index is 327. The maximum atomic E-state index is 9.72. The number of aliphatic hydroxyl groups excluding tert-OH is 2. The molecule has 3 N–H and O–H groups in total. The van der Waals surface area contributed by atoms with Gasteiger partial charge >= 0.3 is 0 Å². The van der Waals surface area contributed by atoms with Crippen molar-refractivity contribution in [2.75, 3.05) is 6.61 Å². The van der Waals surface area contributed by atoms with Crippen LogP contribution in [0.15, 0.2) is 24.3 Å². The predicted octanol–water partition coefficient (Wildman–Crippen LogP) is 0.780. The number of benzene rings is 1. The fourth-order valence-electron chi connectivity index (χ4n) is 1.66. The van der Waals surface area contributed by atoms with Gasteiger partial charge in [-0.15, -0.1) is 0 Å². The molecule has 1 fully saturated rings. The minimum Gasteiger partial charge on any atom is -0.393 e. The first-order valence-electron chi connectivity index (χ1n) is 5.23. The van der Waals surface area contributed by atoms with E-state index in [1.54, 1.807) is 12.1 Å². The van der Waals surface area contributed by atoms with Gasteiger partial charge in [0.15, 0.2) is 0 Å². The van der Waals surface area contributed by atoms with Crippen molar-refractivity contribution in [3.05, 3.63) is 35.4 Å². The Kier molecular flexibility index (Phi) is 2.78. The molecule has 0 aromatic heterocycles. The molecular weight excluding hydrogens is 192 g/mol. The predicted molar refractivity (Wildman–Crippen MR) is 56.4 cm³/mol. The van der Waals surface area contributed by atoms with Crippen LogP contribution in [0.25, 0.3) is 0 Å². The first-order valence-corrected chi connectivity index (χ1v) is 5.23. The second kappa shape index (κ2) is 3.93. The lowest BCUT2D eigenvalue weighted by Crippen LogP contribution is -2.10. The third-order valence-corrected chi connectivity index (χ3v) is 2.90. The molecule has 0 radical (unpaired) electrons. The first-order chi connectivity index (χ1) is 7.13. The van der Waals surface area contributed by atoms with Gasteiger partial charge in [0.1, 0.15) is 6.10 Å². The Hall–Kier alpha value is -0.900. The van der Waals surface area contributed by atoms with E-state index >= 15 is 0 Å². The molecule has 1 aromatic carbocycles. The Balaban J connectivity index is 2.03. The lowest BCUT2D eigenvalue weighted by molar-refractivity contribution is 0.0956. The van der Waals surface area contributed by atoms with Crippen LogP contribution in [0.3, 0.4) is 0 Å². The maximum absolute atomic E-state index is 9.72. The highest BCUT2D eigenvalue weighted by atomic mass is 16.3. The van der Waals surface area contributed by atoms with Crippen LogP contribution in [-0.2, 0) is 6.42 Å². The third-order valence-electron chi connectivity index (χ3n) is 2.90. The van der Waals surface area contributed by atoms with Crippen molar-refractivity contribution in [1.82, 2.24) is 0 Å². The summed E-state index contributed by atoms with van der Waals surface area (Å²) in [6, 6.07) is 7.37. The summed E-state index contributed by atoms with van der Waals surface area (Å²) in [6.07, 6.45) is 1.65. The molecule has 1 aromatic rings. The van der Waals surface area contributed by atoms with Gasteiger partial charge in [-0.25, -0.2) is 0 Å². The van der Waals surface area contributed by atoms with Crippen LogP contribution in [-0.4, -0.2) is 27.5 Å². The van der Waals surface area contributed by atoms with E-state index in [9.17, 15) is 10.2 Å². The fraction of sp³-hybridized carbons (Fsp3) is 0.500. The topological polar surface area (TPSA) is 60.7 Å². The fourth-order valence-corrected chi connectivity index (χ4v) is 1.66. The van der Waals surface area contributed by atoms with Crippen LogP contribution in [0.1, 0.15) is 30.1 Å². The van der Waals surface area contributed by atoms with Gasteiger partial charge in [-0.2, -0.15) is 0 Å². The van der Waals surface area contributed by atoms with Crippen molar-refractivity contribution in [3.63, 3.8) is 0 Å². The first kappa shape index (κ1) is 10.6. The zero-order chi connectivity index (χ0) is 10.9. The third kappa shape index (κ3) is 2.56. The number of aliphatic hydroxyl groups is 3. The van der Waals surface area contributed by atoms with Crippen LogP contribution in [0.4, 0.5) is 0 Å². The molecule has 0 spiro atoms. The van der Waals surface area contributed by atoms with Crippen molar-refractivity contribution in [1.29, 1.82) is 0 Å². The normalized spacial score (nSPS) is 19.9. The highest BCUT2D eigenvalue weighted by Gasteiger charge is 2.39. The van der Waals surface area contributed by atoms with Crippen LogP contribution >= 0.6 is 0 Å². The number of rotatable bonds is 4. The zero-order valence-corrected chi connectivity index (χ0v) is 8.56. The molecule has 3 nitrogen and oxygen atoms in total. The van der Waals surface area contributed by atoms with Crippen molar-refractivity contribution in [2.24, 2.45) is 0 Å². The van der Waals surface area contributed by atoms with Crippen molar-refractivity contribution >= 4 is 0 Å². The van der Waals surface area contributed by atoms with Crippen LogP contribution < -0.4 is 0 Å². The summed E-state index contributed by atoms with van der Waals surface area (Å²) in [6.45, 7) is -0.261. The molecule has 2 rings (SSSR count). The van der Waals surface area contributed by atoms with Crippen LogP contribution in [0, 0.1) is 0 Å². The monoisotopic (exact) mass is 208 g/mol. The quantitative estimate of drug-likeness (QED) is 0.685. The lowest BCUT2D eigenvalue weighted by Gasteiger charge is -2.10. The van der Waals surface area contributed by atoms with Gasteiger partial charge in [0, 0.05) is 6.42 Å². The molecule has 0 saturated heterocycles. The second-order valence-electron chi connectivity index (χ2n) is 4.34. The summed E-state index contributed by atoms with van der Waals surface area (Å²) in [4.78, 5) is 0. The molecule has 1 aliphatic carbocycles. The summed E-state index contributed by atoms with van der Waals surface area (Å²) in [5, 5.41) is 27.8. The number of hydrogen-bond acceptors (Lipinski definition) is 3. The van der Waals surface area contributed by atoms with Gasteiger partial charge in [0.2, 0.25) is 0 Å². The van der Waals surface area contributed by atoms with E-state index < -0.39 is 11.7 Å². The van der Waals surface area contributed by atoms with Gasteiger partial charge in [0.05, 0.1) is 12.2 Å². The Labute approximate surface area is 89.0 Å². The van der Waals surface area contributed by atoms with Crippen molar-refractivity contribution in [3.8, 4) is 0 Å². The Morgan fingerprint density at radius 1 is 1.20 bits per heavy atom. The molecule has 0 heterocycles. The van der Waals surface area contributed by atoms with Crippen molar-refractivity contribution < 1.29 is 15.3 Å². The van der Waals surface area contributed by atoms with Crippen molar-refractivity contribution in [2.45, 2.75) is 31.0 Å². The summed E-state index contributed by atoms with van der Waals surface area (Å²) in [5.41, 5.74) is 1.31. The van der Waals surface area contributed by atoms with E-state index in [1.807, 2.05) is 12.1 Å². The van der Waals surface area contributed by atoms with E-state index in [1.165, 1.54) is 0 Å². The molecule has 1 unspecified atom stereocenters. The molecule has 1 atom stereocenters. The summed E-state index contributed by atoms with van der Waals surface area (Å²) in [5.74, 6) is 0. The van der Waals surface area contributed by atoms with E-state index in [-0.39, 0.29) is 6.61 Å². The molecular formula is C12H16O3.